The Morgan fingerprint density at radius 1 is 1.31 bits per heavy atom. The Hall–Kier alpha value is -1.22. The number of aromatic hydroxyl groups is 1. The summed E-state index contributed by atoms with van der Waals surface area (Å²) < 4.78 is 5.35. The van der Waals surface area contributed by atoms with Gasteiger partial charge in [-0.25, -0.2) is 0 Å². The van der Waals surface area contributed by atoms with Crippen molar-refractivity contribution in [3.63, 3.8) is 0 Å². The highest BCUT2D eigenvalue weighted by Gasteiger charge is 2.05. The van der Waals surface area contributed by atoms with E-state index in [1.54, 1.807) is 6.07 Å². The maximum atomic E-state index is 9.56. The molecule has 3 heteroatoms. The molecular weight excluding hydrogens is 202 g/mol. The molecule has 90 valence electrons. The fraction of sp³-hybridized carbons (Fsp3) is 0.538. The zero-order valence-corrected chi connectivity index (χ0v) is 10.4. The van der Waals surface area contributed by atoms with E-state index in [1.165, 1.54) is 0 Å². The van der Waals surface area contributed by atoms with Crippen LogP contribution in [0.1, 0.15) is 25.8 Å². The van der Waals surface area contributed by atoms with Gasteiger partial charge in [0.1, 0.15) is 0 Å². The van der Waals surface area contributed by atoms with E-state index in [-0.39, 0.29) is 5.75 Å². The summed E-state index contributed by atoms with van der Waals surface area (Å²) in [6.45, 7) is 6.61. The van der Waals surface area contributed by atoms with E-state index >= 15 is 0 Å². The fourth-order valence-electron chi connectivity index (χ4n) is 1.70. The van der Waals surface area contributed by atoms with Crippen molar-refractivity contribution in [3.8, 4) is 11.5 Å². The zero-order chi connectivity index (χ0) is 12.0. The first-order chi connectivity index (χ1) is 7.67. The van der Waals surface area contributed by atoms with Gasteiger partial charge in [-0.05, 0) is 44.6 Å². The molecule has 0 heterocycles. The first-order valence-electron chi connectivity index (χ1n) is 5.80. The molecule has 1 rings (SSSR count). The zero-order valence-electron chi connectivity index (χ0n) is 10.4. The molecule has 0 saturated heterocycles. The number of ether oxygens (including phenoxy) is 1. The Morgan fingerprint density at radius 3 is 2.69 bits per heavy atom. The Balaban J connectivity index is 2.70. The van der Waals surface area contributed by atoms with Crippen LogP contribution in [0.5, 0.6) is 11.5 Å². The van der Waals surface area contributed by atoms with Crippen LogP contribution in [0.15, 0.2) is 18.2 Å². The maximum absolute atomic E-state index is 9.56. The normalized spacial score (nSPS) is 10.8. The summed E-state index contributed by atoms with van der Waals surface area (Å²) in [6, 6.07) is 5.54. The number of phenols is 1. The van der Waals surface area contributed by atoms with Crippen molar-refractivity contribution in [1.82, 2.24) is 4.90 Å². The highest BCUT2D eigenvalue weighted by Crippen LogP contribution is 2.27. The molecule has 1 aromatic carbocycles. The van der Waals surface area contributed by atoms with Crippen LogP contribution >= 0.6 is 0 Å². The molecule has 0 fully saturated rings. The molecule has 1 N–H and O–H groups in total. The Labute approximate surface area is 97.7 Å². The molecule has 0 aromatic heterocycles. The molecule has 0 unspecified atom stereocenters. The smallest absolute Gasteiger partial charge is 0.161 e. The van der Waals surface area contributed by atoms with Crippen LogP contribution in [0.25, 0.3) is 0 Å². The average molecular weight is 223 g/mol. The van der Waals surface area contributed by atoms with Gasteiger partial charge in [0.2, 0.25) is 0 Å². The van der Waals surface area contributed by atoms with Crippen molar-refractivity contribution >= 4 is 0 Å². The molecule has 1 aromatic rings. The molecular formula is C13H21NO2. The molecule has 0 saturated carbocycles. The van der Waals surface area contributed by atoms with Gasteiger partial charge < -0.3 is 14.7 Å². The lowest BCUT2D eigenvalue weighted by atomic mass is 10.2. The van der Waals surface area contributed by atoms with Gasteiger partial charge in [0.15, 0.2) is 11.5 Å². The van der Waals surface area contributed by atoms with E-state index in [4.69, 9.17) is 4.74 Å². The minimum absolute atomic E-state index is 0.212. The van der Waals surface area contributed by atoms with Crippen LogP contribution in [-0.2, 0) is 6.54 Å². The third-order valence-corrected chi connectivity index (χ3v) is 2.38. The van der Waals surface area contributed by atoms with Crippen LogP contribution in [0.2, 0.25) is 0 Å². The summed E-state index contributed by atoms with van der Waals surface area (Å²) in [5.74, 6) is 0.786. The van der Waals surface area contributed by atoms with Gasteiger partial charge in [-0.3, -0.25) is 0 Å². The summed E-state index contributed by atoms with van der Waals surface area (Å²) in [6.07, 6.45) is 1.15. The molecule has 16 heavy (non-hydrogen) atoms. The van der Waals surface area contributed by atoms with Gasteiger partial charge in [0, 0.05) is 6.54 Å². The second-order valence-corrected chi connectivity index (χ2v) is 3.97. The van der Waals surface area contributed by atoms with E-state index in [0.717, 1.165) is 25.1 Å². The SMILES string of the molecule is CCCN(C)Cc1ccc(O)c(OCC)c1. The van der Waals surface area contributed by atoms with Crippen molar-refractivity contribution in [2.24, 2.45) is 0 Å². The van der Waals surface area contributed by atoms with Crippen molar-refractivity contribution in [1.29, 1.82) is 0 Å². The third-order valence-electron chi connectivity index (χ3n) is 2.38. The molecule has 0 spiro atoms. The summed E-state index contributed by atoms with van der Waals surface area (Å²) in [5, 5.41) is 9.56. The van der Waals surface area contributed by atoms with Crippen LogP contribution in [-0.4, -0.2) is 30.2 Å². The molecule has 3 nitrogen and oxygen atoms in total. The quantitative estimate of drug-likeness (QED) is 0.804. The van der Waals surface area contributed by atoms with Crippen molar-refractivity contribution < 1.29 is 9.84 Å². The Bertz CT molecular complexity index is 326. The molecule has 0 aliphatic heterocycles. The highest BCUT2D eigenvalue weighted by atomic mass is 16.5. The minimum Gasteiger partial charge on any atom is -0.504 e. The van der Waals surface area contributed by atoms with E-state index in [0.29, 0.717) is 12.4 Å². The number of hydrogen-bond donors (Lipinski definition) is 1. The monoisotopic (exact) mass is 223 g/mol. The number of phenolic OH excluding ortho intramolecular Hbond substituents is 1. The molecule has 0 aliphatic rings. The van der Waals surface area contributed by atoms with E-state index in [2.05, 4.69) is 18.9 Å². The van der Waals surface area contributed by atoms with Gasteiger partial charge in [-0.2, -0.15) is 0 Å². The first kappa shape index (κ1) is 12.8. The largest absolute Gasteiger partial charge is 0.504 e. The van der Waals surface area contributed by atoms with Crippen LogP contribution < -0.4 is 4.74 Å². The summed E-state index contributed by atoms with van der Waals surface area (Å²) in [5.41, 5.74) is 1.16. The second-order valence-electron chi connectivity index (χ2n) is 3.97. The predicted molar refractivity (Wildman–Crippen MR) is 65.9 cm³/mol. The van der Waals surface area contributed by atoms with E-state index in [9.17, 15) is 5.11 Å². The first-order valence-corrected chi connectivity index (χ1v) is 5.80. The predicted octanol–water partition coefficient (Wildman–Crippen LogP) is 2.63. The van der Waals surface area contributed by atoms with Crippen molar-refractivity contribution in [2.45, 2.75) is 26.8 Å². The highest BCUT2D eigenvalue weighted by molar-refractivity contribution is 5.41. The van der Waals surface area contributed by atoms with Crippen molar-refractivity contribution in [2.75, 3.05) is 20.2 Å². The minimum atomic E-state index is 0.212. The standard InChI is InChI=1S/C13H21NO2/c1-4-8-14(3)10-11-6-7-12(15)13(9-11)16-5-2/h6-7,9,15H,4-5,8,10H2,1-3H3. The van der Waals surface area contributed by atoms with Gasteiger partial charge in [-0.1, -0.05) is 13.0 Å². The lowest BCUT2D eigenvalue weighted by molar-refractivity contribution is 0.311. The lowest BCUT2D eigenvalue weighted by Crippen LogP contribution is -2.18. The maximum Gasteiger partial charge on any atom is 0.161 e. The van der Waals surface area contributed by atoms with Gasteiger partial charge in [-0.15, -0.1) is 0 Å². The fourth-order valence-corrected chi connectivity index (χ4v) is 1.70. The van der Waals surface area contributed by atoms with Gasteiger partial charge in [0.05, 0.1) is 6.61 Å². The van der Waals surface area contributed by atoms with Gasteiger partial charge >= 0.3 is 0 Å². The Morgan fingerprint density at radius 2 is 2.06 bits per heavy atom. The van der Waals surface area contributed by atoms with E-state index in [1.807, 2.05) is 19.1 Å². The molecule has 0 atom stereocenters. The van der Waals surface area contributed by atoms with Crippen LogP contribution in [0, 0.1) is 0 Å². The summed E-state index contributed by atoms with van der Waals surface area (Å²) in [4.78, 5) is 2.25. The average Bonchev–Trinajstić information content (AvgIpc) is 2.24. The van der Waals surface area contributed by atoms with E-state index < -0.39 is 0 Å². The molecule has 0 amide bonds. The topological polar surface area (TPSA) is 32.7 Å². The molecule has 0 radical (unpaired) electrons. The van der Waals surface area contributed by atoms with Gasteiger partial charge in [0.25, 0.3) is 0 Å². The number of rotatable bonds is 6. The van der Waals surface area contributed by atoms with Crippen LogP contribution in [0.3, 0.4) is 0 Å². The Kier molecular flexibility index (Phi) is 5.12. The number of nitrogens with zero attached hydrogens (tertiary/aromatic N) is 1. The van der Waals surface area contributed by atoms with Crippen LogP contribution in [0.4, 0.5) is 0 Å². The third kappa shape index (κ3) is 3.74. The molecule has 0 bridgehead atoms. The summed E-state index contributed by atoms with van der Waals surface area (Å²) >= 11 is 0. The number of benzene rings is 1. The molecule has 0 aliphatic carbocycles. The second kappa shape index (κ2) is 6.38. The summed E-state index contributed by atoms with van der Waals surface area (Å²) in [7, 11) is 2.09. The number of hydrogen-bond acceptors (Lipinski definition) is 3. The van der Waals surface area contributed by atoms with Crippen molar-refractivity contribution in [3.05, 3.63) is 23.8 Å². The lowest BCUT2D eigenvalue weighted by Gasteiger charge is -2.16.